The third-order valence-electron chi connectivity index (χ3n) is 4.73. The summed E-state index contributed by atoms with van der Waals surface area (Å²) >= 11 is 5.85. The van der Waals surface area contributed by atoms with Gasteiger partial charge in [-0.1, -0.05) is 11.6 Å². The topological polar surface area (TPSA) is 120 Å². The molecule has 0 saturated carbocycles. The number of nitrogens with zero attached hydrogens (tertiary/aromatic N) is 4. The van der Waals surface area contributed by atoms with Crippen molar-refractivity contribution < 1.29 is 31.9 Å². The lowest BCUT2D eigenvalue weighted by molar-refractivity contribution is -0.141. The minimum absolute atomic E-state index is 0.00613. The van der Waals surface area contributed by atoms with Gasteiger partial charge in [-0.15, -0.1) is 0 Å². The lowest BCUT2D eigenvalue weighted by atomic mass is 10.1. The van der Waals surface area contributed by atoms with Crippen LogP contribution in [0.1, 0.15) is 16.1 Å². The molecule has 2 aromatic carbocycles. The van der Waals surface area contributed by atoms with Gasteiger partial charge in [0.25, 0.3) is 5.91 Å². The number of benzene rings is 2. The van der Waals surface area contributed by atoms with Gasteiger partial charge in [-0.25, -0.2) is 8.78 Å². The standard InChI is InChI=1S/C22H15ClF5N7O2/c1-35-9-15(19(34-35)22(26,27)28)20(37)31-21(29-12-5-10(23)4-11(24)6-12)30-18-8-17(32-33-18)14-3-2-13(36)7-16(14)25/h2-9,36H,1H3,(H3,29,30,31,32,33,37). The molecule has 2 heterocycles. The Bertz CT molecular complexity index is 1490. The van der Waals surface area contributed by atoms with Crippen LogP contribution in [0, 0.1) is 11.6 Å². The summed E-state index contributed by atoms with van der Waals surface area (Å²) in [6, 6.07) is 7.97. The van der Waals surface area contributed by atoms with Gasteiger partial charge in [0, 0.05) is 41.7 Å². The molecular weight excluding hydrogens is 525 g/mol. The van der Waals surface area contributed by atoms with Crippen LogP contribution in [0.4, 0.5) is 33.5 Å². The van der Waals surface area contributed by atoms with E-state index in [1.807, 2.05) is 0 Å². The zero-order valence-electron chi connectivity index (χ0n) is 18.5. The molecule has 0 spiro atoms. The first-order valence-corrected chi connectivity index (χ1v) is 10.5. The van der Waals surface area contributed by atoms with Crippen LogP contribution >= 0.6 is 11.6 Å². The molecule has 15 heteroatoms. The van der Waals surface area contributed by atoms with Crippen molar-refractivity contribution in [2.24, 2.45) is 12.0 Å². The number of aromatic amines is 1. The van der Waals surface area contributed by atoms with Gasteiger partial charge in [-0.2, -0.15) is 28.4 Å². The summed E-state index contributed by atoms with van der Waals surface area (Å²) in [7, 11) is 1.21. The highest BCUT2D eigenvalue weighted by Crippen LogP contribution is 2.31. The first-order chi connectivity index (χ1) is 17.4. The number of hydrogen-bond donors (Lipinski definition) is 4. The normalized spacial score (nSPS) is 12.0. The molecule has 0 bridgehead atoms. The number of H-pyrrole nitrogens is 1. The molecule has 1 amide bonds. The first kappa shape index (κ1) is 25.6. The van der Waals surface area contributed by atoms with E-state index in [4.69, 9.17) is 11.6 Å². The van der Waals surface area contributed by atoms with Gasteiger partial charge in [-0.3, -0.25) is 19.9 Å². The fourth-order valence-corrected chi connectivity index (χ4v) is 3.45. The van der Waals surface area contributed by atoms with Crippen molar-refractivity contribution in [2.45, 2.75) is 6.18 Å². The number of phenolic OH excluding ortho intramolecular Hbond substituents is 1. The summed E-state index contributed by atoms with van der Waals surface area (Å²) in [6.07, 6.45) is -4.05. The molecule has 37 heavy (non-hydrogen) atoms. The maximum atomic E-state index is 14.2. The summed E-state index contributed by atoms with van der Waals surface area (Å²) in [5, 5.41) is 23.8. The zero-order chi connectivity index (χ0) is 26.9. The summed E-state index contributed by atoms with van der Waals surface area (Å²) in [5.41, 5.74) is -2.04. The van der Waals surface area contributed by atoms with E-state index in [0.717, 1.165) is 29.1 Å². The summed E-state index contributed by atoms with van der Waals surface area (Å²) in [5.74, 6) is -3.61. The number of aromatic nitrogens is 4. The SMILES string of the molecule is Cn1cc(C(=O)NC(=Nc2cc(-c3ccc(O)cc3F)[nH]n2)Nc2cc(F)cc(Cl)c2)c(C(F)(F)F)n1. The Labute approximate surface area is 209 Å². The van der Waals surface area contributed by atoms with Crippen molar-refractivity contribution in [3.8, 4) is 17.0 Å². The first-order valence-electron chi connectivity index (χ1n) is 10.2. The van der Waals surface area contributed by atoms with Crippen LogP contribution in [-0.2, 0) is 13.2 Å². The third-order valence-corrected chi connectivity index (χ3v) is 4.95. The number of anilines is 1. The number of aromatic hydroxyl groups is 1. The molecule has 2 aromatic heterocycles. The summed E-state index contributed by atoms with van der Waals surface area (Å²) in [4.78, 5) is 16.8. The largest absolute Gasteiger partial charge is 0.508 e. The number of hydrogen-bond acceptors (Lipinski definition) is 5. The third kappa shape index (κ3) is 6.03. The number of amides is 1. The molecule has 4 rings (SSSR count). The number of nitrogens with one attached hydrogen (secondary N) is 3. The van der Waals surface area contributed by atoms with Crippen molar-refractivity contribution in [3.63, 3.8) is 0 Å². The van der Waals surface area contributed by atoms with Gasteiger partial charge in [0.15, 0.2) is 11.5 Å². The predicted molar refractivity (Wildman–Crippen MR) is 123 cm³/mol. The number of halogens is 6. The Morgan fingerprint density at radius 1 is 1.16 bits per heavy atom. The second kappa shape index (κ2) is 9.89. The zero-order valence-corrected chi connectivity index (χ0v) is 19.3. The van der Waals surface area contributed by atoms with E-state index in [-0.39, 0.29) is 33.5 Å². The van der Waals surface area contributed by atoms with E-state index >= 15 is 0 Å². The Morgan fingerprint density at radius 2 is 1.92 bits per heavy atom. The number of rotatable bonds is 4. The Hall–Kier alpha value is -4.46. The van der Waals surface area contributed by atoms with Crippen LogP contribution in [0.25, 0.3) is 11.3 Å². The highest BCUT2D eigenvalue weighted by atomic mass is 35.5. The van der Waals surface area contributed by atoms with Crippen LogP contribution in [0.3, 0.4) is 0 Å². The van der Waals surface area contributed by atoms with Gasteiger partial charge in [0.05, 0.1) is 11.3 Å². The number of carbonyl (C=O) groups excluding carboxylic acids is 1. The van der Waals surface area contributed by atoms with Crippen molar-refractivity contribution in [2.75, 3.05) is 5.32 Å². The van der Waals surface area contributed by atoms with E-state index in [1.165, 1.54) is 31.3 Å². The lowest BCUT2D eigenvalue weighted by Gasteiger charge is -2.12. The number of aryl methyl sites for hydroxylation is 1. The Balaban J connectivity index is 1.70. The molecule has 0 unspecified atom stereocenters. The van der Waals surface area contributed by atoms with Crippen LogP contribution in [0.2, 0.25) is 5.02 Å². The lowest BCUT2D eigenvalue weighted by Crippen LogP contribution is -2.36. The highest BCUT2D eigenvalue weighted by molar-refractivity contribution is 6.31. The molecule has 0 saturated heterocycles. The molecule has 0 atom stereocenters. The van der Waals surface area contributed by atoms with Crippen molar-refractivity contribution >= 4 is 35.0 Å². The van der Waals surface area contributed by atoms with E-state index in [2.05, 4.69) is 30.9 Å². The maximum absolute atomic E-state index is 14.2. The van der Waals surface area contributed by atoms with E-state index in [0.29, 0.717) is 0 Å². The van der Waals surface area contributed by atoms with E-state index in [1.54, 1.807) is 0 Å². The number of carbonyl (C=O) groups is 1. The van der Waals surface area contributed by atoms with Gasteiger partial charge in [0.1, 0.15) is 17.4 Å². The van der Waals surface area contributed by atoms with Crippen molar-refractivity contribution in [1.82, 2.24) is 25.3 Å². The van der Waals surface area contributed by atoms with Crippen LogP contribution in [-0.4, -0.2) is 37.0 Å². The molecule has 192 valence electrons. The highest BCUT2D eigenvalue weighted by Gasteiger charge is 2.39. The van der Waals surface area contributed by atoms with Gasteiger partial charge in [0.2, 0.25) is 5.96 Å². The second-order valence-corrected chi connectivity index (χ2v) is 8.00. The van der Waals surface area contributed by atoms with Gasteiger partial charge >= 0.3 is 6.18 Å². The molecule has 0 aliphatic carbocycles. The summed E-state index contributed by atoms with van der Waals surface area (Å²) in [6.45, 7) is 0. The average Bonchev–Trinajstić information content (AvgIpc) is 3.39. The molecule has 0 aliphatic heterocycles. The fourth-order valence-electron chi connectivity index (χ4n) is 3.23. The van der Waals surface area contributed by atoms with Crippen LogP contribution in [0.5, 0.6) is 5.75 Å². The van der Waals surface area contributed by atoms with Crippen molar-refractivity contribution in [3.05, 3.63) is 76.6 Å². The molecule has 9 nitrogen and oxygen atoms in total. The number of aliphatic imine (C=N–C) groups is 1. The van der Waals surface area contributed by atoms with E-state index in [9.17, 15) is 31.9 Å². The molecule has 4 N–H and O–H groups in total. The quantitative estimate of drug-likeness (QED) is 0.165. The average molecular weight is 540 g/mol. The molecule has 0 aliphatic rings. The van der Waals surface area contributed by atoms with Crippen LogP contribution < -0.4 is 10.6 Å². The predicted octanol–water partition coefficient (Wildman–Crippen LogP) is 5.00. The molecule has 4 aromatic rings. The van der Waals surface area contributed by atoms with Gasteiger partial charge < -0.3 is 10.4 Å². The second-order valence-electron chi connectivity index (χ2n) is 7.56. The Morgan fingerprint density at radius 3 is 2.59 bits per heavy atom. The van der Waals surface area contributed by atoms with E-state index < -0.39 is 40.9 Å². The molecule has 0 radical (unpaired) electrons. The fraction of sp³-hybridized carbons (Fsp3) is 0.0909. The monoisotopic (exact) mass is 539 g/mol. The maximum Gasteiger partial charge on any atom is 0.435 e. The number of guanidine groups is 1. The number of phenols is 1. The minimum Gasteiger partial charge on any atom is -0.508 e. The smallest absolute Gasteiger partial charge is 0.435 e. The molecular formula is C22H15ClF5N7O2. The Kier molecular flexibility index (Phi) is 6.85. The summed E-state index contributed by atoms with van der Waals surface area (Å²) < 4.78 is 68.9. The van der Waals surface area contributed by atoms with Gasteiger partial charge in [-0.05, 0) is 30.3 Å². The minimum atomic E-state index is -4.92. The van der Waals surface area contributed by atoms with Crippen molar-refractivity contribution in [1.29, 1.82) is 0 Å². The molecule has 0 fully saturated rings. The number of alkyl halides is 3. The van der Waals surface area contributed by atoms with Crippen LogP contribution in [0.15, 0.2) is 53.7 Å².